The lowest BCUT2D eigenvalue weighted by atomic mass is 9.78. The summed E-state index contributed by atoms with van der Waals surface area (Å²) in [5.41, 5.74) is 1.19. The fraction of sp³-hybridized carbons (Fsp3) is 0.754. The van der Waals surface area contributed by atoms with E-state index < -0.39 is 77.8 Å². The van der Waals surface area contributed by atoms with Crippen LogP contribution in [0, 0.1) is 35.5 Å². The normalized spacial score (nSPS) is 35.7. The quantitative estimate of drug-likeness (QED) is 0.0707. The van der Waals surface area contributed by atoms with Gasteiger partial charge in [0.05, 0.1) is 37.6 Å². The van der Waals surface area contributed by atoms with Crippen molar-refractivity contribution in [2.24, 2.45) is 35.5 Å². The van der Waals surface area contributed by atoms with Crippen molar-refractivity contribution in [3.05, 3.63) is 47.6 Å². The molecule has 17 nitrogen and oxygen atoms in total. The fourth-order valence-electron chi connectivity index (χ4n) is 11.0. The summed E-state index contributed by atoms with van der Waals surface area (Å²) in [7, 11) is 4.57. The first-order chi connectivity index (χ1) is 35.2. The lowest BCUT2D eigenvalue weighted by Gasteiger charge is -2.43. The van der Waals surface area contributed by atoms with Crippen LogP contribution in [0.15, 0.2) is 47.6 Å². The summed E-state index contributed by atoms with van der Waals surface area (Å²) in [5.74, 6) is -8.43. The molecular weight excluding hydrogens is 953 g/mol. The van der Waals surface area contributed by atoms with E-state index in [9.17, 15) is 44.1 Å². The summed E-state index contributed by atoms with van der Waals surface area (Å²) in [5, 5.41) is 35.7. The van der Waals surface area contributed by atoms with Gasteiger partial charge in [0, 0.05) is 71.4 Å². The maximum atomic E-state index is 14.6. The maximum Gasteiger partial charge on any atom is 0.329 e. The summed E-state index contributed by atoms with van der Waals surface area (Å²) < 4.78 is 36.2. The Labute approximate surface area is 440 Å². The van der Waals surface area contributed by atoms with Gasteiger partial charge < -0.3 is 54.0 Å². The van der Waals surface area contributed by atoms with Gasteiger partial charge in [-0.1, -0.05) is 71.1 Å². The van der Waals surface area contributed by atoms with Crippen molar-refractivity contribution in [1.82, 2.24) is 10.2 Å². The third-order valence-corrected chi connectivity index (χ3v) is 15.7. The molecule has 2 amide bonds. The summed E-state index contributed by atoms with van der Waals surface area (Å²) in [6.07, 6.45) is 12.0. The molecule has 418 valence electrons. The van der Waals surface area contributed by atoms with Crippen molar-refractivity contribution >= 4 is 35.1 Å². The topological polar surface area (TPSA) is 234 Å². The second kappa shape index (κ2) is 30.7. The molecule has 74 heavy (non-hydrogen) atoms. The molecule has 1 saturated carbocycles. The number of ether oxygens (including phenoxy) is 6. The van der Waals surface area contributed by atoms with E-state index in [0.29, 0.717) is 63.4 Å². The lowest BCUT2D eigenvalue weighted by Crippen LogP contribution is -2.61. The number of amides is 2. The Kier molecular flexibility index (Phi) is 26.0. The van der Waals surface area contributed by atoms with E-state index in [1.54, 1.807) is 47.9 Å². The minimum absolute atomic E-state index is 0.0215. The number of hydrogen-bond acceptors (Lipinski definition) is 15. The molecule has 15 atom stereocenters. The number of rotatable bonds is 13. The van der Waals surface area contributed by atoms with Crippen LogP contribution in [0.4, 0.5) is 0 Å². The highest BCUT2D eigenvalue weighted by Crippen LogP contribution is 2.38. The summed E-state index contributed by atoms with van der Waals surface area (Å²) in [6.45, 7) is 13.0. The Morgan fingerprint density at radius 3 is 2.32 bits per heavy atom. The number of cyclic esters (lactones) is 1. The van der Waals surface area contributed by atoms with Crippen LogP contribution >= 0.6 is 0 Å². The van der Waals surface area contributed by atoms with Gasteiger partial charge in [-0.2, -0.15) is 0 Å². The van der Waals surface area contributed by atoms with Crippen LogP contribution in [-0.4, -0.2) is 158 Å². The molecule has 17 heteroatoms. The third-order valence-electron chi connectivity index (χ3n) is 15.7. The van der Waals surface area contributed by atoms with Crippen molar-refractivity contribution in [1.29, 1.82) is 0 Å². The summed E-state index contributed by atoms with van der Waals surface area (Å²) >= 11 is 0. The molecule has 3 fully saturated rings. The number of piperidine rings is 1. The van der Waals surface area contributed by atoms with E-state index in [1.165, 1.54) is 12.0 Å². The third kappa shape index (κ3) is 17.8. The summed E-state index contributed by atoms with van der Waals surface area (Å²) in [4.78, 5) is 84.7. The lowest BCUT2D eigenvalue weighted by molar-refractivity contribution is -0.266. The zero-order valence-corrected chi connectivity index (χ0v) is 46.0. The van der Waals surface area contributed by atoms with Gasteiger partial charge in [-0.05, 0) is 113 Å². The maximum absolute atomic E-state index is 14.6. The smallest absolute Gasteiger partial charge is 0.329 e. The molecule has 1 aliphatic carbocycles. The van der Waals surface area contributed by atoms with Crippen molar-refractivity contribution in [2.45, 2.75) is 193 Å². The second-order valence-electron chi connectivity index (χ2n) is 21.6. The van der Waals surface area contributed by atoms with Gasteiger partial charge in [-0.25, -0.2) is 4.79 Å². The molecule has 0 aromatic rings. The summed E-state index contributed by atoms with van der Waals surface area (Å²) in [6, 6.07) is -1.18. The van der Waals surface area contributed by atoms with Gasteiger partial charge in [0.25, 0.3) is 11.7 Å². The van der Waals surface area contributed by atoms with Gasteiger partial charge >= 0.3 is 5.97 Å². The van der Waals surface area contributed by atoms with Gasteiger partial charge in [-0.15, -0.1) is 0 Å². The molecule has 2 saturated heterocycles. The zero-order valence-electron chi connectivity index (χ0n) is 46.0. The molecule has 4 rings (SSSR count). The van der Waals surface area contributed by atoms with Crippen LogP contribution in [-0.2, 0) is 57.2 Å². The standard InChI is InChI=1S/C57H90N2O15/c1-35-17-12-11-13-18-36(2)47(71-27-16-20-50(62)58-8)33-43-23-21-41(7)57(68,74-43)54(65)55(66)59-25-15-14-19-44(59)56(67)73-48(38(4)31-42-22-24-46(72-28-26-60)49(32-42)69-9)34-45(61)37(3)30-40(6)52(64)53(70-10)51(63)39(5)29-35/h11-13,17-18,30,35,37-39,41-44,46-49,52-53,60,64,68H,14-16,19-29,31-34H2,1-10H3,(H,58,62)/b13-11?,17-12+,36-18?,40-30+/t35-,37-,38-,39-,41-,42?,43+,44+,46-,47+,48?,49-,52-,53+,57-/m1/s1. The monoisotopic (exact) mass is 1040 g/mol. The Morgan fingerprint density at radius 2 is 1.64 bits per heavy atom. The molecule has 2 unspecified atom stereocenters. The number of hydrogen-bond donors (Lipinski definition) is 4. The zero-order chi connectivity index (χ0) is 54.7. The van der Waals surface area contributed by atoms with E-state index in [-0.39, 0.29) is 99.5 Å². The number of carbonyl (C=O) groups excluding carboxylic acids is 6. The van der Waals surface area contributed by atoms with Crippen LogP contribution in [0.1, 0.15) is 138 Å². The van der Waals surface area contributed by atoms with Crippen LogP contribution in [0.3, 0.4) is 0 Å². The number of nitrogens with one attached hydrogen (secondary N) is 1. The minimum Gasteiger partial charge on any atom is -0.460 e. The molecule has 0 radical (unpaired) electrons. The Morgan fingerprint density at radius 1 is 0.892 bits per heavy atom. The van der Waals surface area contributed by atoms with E-state index in [1.807, 2.05) is 51.2 Å². The highest BCUT2D eigenvalue weighted by Gasteiger charge is 2.53. The molecule has 4 N–H and O–H groups in total. The Hall–Kier alpha value is -3.94. The number of allylic oxidation sites excluding steroid dienone is 6. The van der Waals surface area contributed by atoms with Crippen LogP contribution in [0.2, 0.25) is 0 Å². The molecule has 0 aromatic heterocycles. The Balaban J connectivity index is 1.71. The van der Waals surface area contributed by atoms with E-state index in [2.05, 4.69) is 5.32 Å². The number of methoxy groups -OCH3 is 2. The molecule has 0 spiro atoms. The number of Topliss-reactive ketones (excluding diaryl/α,β-unsaturated/α-hetero) is 3. The Bertz CT molecular complexity index is 1980. The number of aliphatic hydroxyl groups is 3. The van der Waals surface area contributed by atoms with Crippen molar-refractivity contribution < 1.29 is 72.5 Å². The fourth-order valence-corrected chi connectivity index (χ4v) is 11.0. The highest BCUT2D eigenvalue weighted by molar-refractivity contribution is 6.39. The second-order valence-corrected chi connectivity index (χ2v) is 21.6. The number of carbonyl (C=O) groups is 6. The number of esters is 1. The van der Waals surface area contributed by atoms with Gasteiger partial charge in [0.15, 0.2) is 5.78 Å². The molecule has 0 aromatic carbocycles. The predicted octanol–water partition coefficient (Wildman–Crippen LogP) is 6.09. The van der Waals surface area contributed by atoms with E-state index in [0.717, 1.165) is 12.0 Å². The van der Waals surface area contributed by atoms with Gasteiger partial charge in [0.2, 0.25) is 11.7 Å². The number of nitrogens with zero attached hydrogens (tertiary/aromatic N) is 1. The molecule has 2 bridgehead atoms. The SMILES string of the molecule is CNC(=O)CCCO[C@H]1C[C@@H]2CC[C@@H](C)[C@@](O)(O2)C(=O)C(=O)N2CCCC[C@H]2C(=O)OC([C@H](C)CC2CC[C@@H](OCCO)[C@H](OC)C2)CC(=O)[C@H](C)/C=C(\C)[C@@H](O)[C@@H](OC)C(=O)[C@H](C)C[C@H](C)/C=C/C=CC=C1C. The minimum atomic E-state index is -2.50. The first-order valence-electron chi connectivity index (χ1n) is 27.2. The van der Waals surface area contributed by atoms with Gasteiger partial charge in [-0.3, -0.25) is 24.0 Å². The largest absolute Gasteiger partial charge is 0.460 e. The van der Waals surface area contributed by atoms with E-state index in [4.69, 9.17) is 28.4 Å². The number of aliphatic hydroxyl groups excluding tert-OH is 2. The molecule has 3 heterocycles. The molecular formula is C57H90N2O15. The molecule has 4 aliphatic rings. The molecule has 3 aliphatic heterocycles. The average molecular weight is 1040 g/mol. The van der Waals surface area contributed by atoms with Crippen molar-refractivity contribution in [3.63, 3.8) is 0 Å². The van der Waals surface area contributed by atoms with Crippen molar-refractivity contribution in [2.75, 3.05) is 47.6 Å². The first-order valence-corrected chi connectivity index (χ1v) is 27.2. The van der Waals surface area contributed by atoms with Crippen LogP contribution < -0.4 is 5.32 Å². The number of ketones is 3. The van der Waals surface area contributed by atoms with Crippen molar-refractivity contribution in [3.8, 4) is 0 Å². The highest BCUT2D eigenvalue weighted by atomic mass is 16.6. The average Bonchev–Trinajstić information content (AvgIpc) is 3.38. The first kappa shape index (κ1) is 62.6. The van der Waals surface area contributed by atoms with Crippen LogP contribution in [0.25, 0.3) is 0 Å². The van der Waals surface area contributed by atoms with Crippen LogP contribution in [0.5, 0.6) is 0 Å². The van der Waals surface area contributed by atoms with E-state index >= 15 is 0 Å². The predicted molar refractivity (Wildman–Crippen MR) is 278 cm³/mol. The van der Waals surface area contributed by atoms with Gasteiger partial charge in [0.1, 0.15) is 30.1 Å². The number of fused-ring (bicyclic) bond motifs is 3.